The van der Waals surface area contributed by atoms with E-state index in [-0.39, 0.29) is 24.1 Å². The van der Waals surface area contributed by atoms with Gasteiger partial charge in [-0.25, -0.2) is 0 Å². The molecule has 2 aromatic carbocycles. The number of nitrogens with one attached hydrogen (secondary N) is 2. The zero-order chi connectivity index (χ0) is 26.5. The highest BCUT2D eigenvalue weighted by Crippen LogP contribution is 2.18. The minimum absolute atomic E-state index is 0.0996. The third-order valence-corrected chi connectivity index (χ3v) is 6.45. The van der Waals surface area contributed by atoms with Crippen LogP contribution >= 0.6 is 11.3 Å². The molecule has 9 heteroatoms. The Hall–Kier alpha value is -3.98. The lowest BCUT2D eigenvalue weighted by molar-refractivity contribution is -0.119. The Balaban J connectivity index is 1.35. The van der Waals surface area contributed by atoms with Gasteiger partial charge in [-0.1, -0.05) is 72.9 Å². The molecular formula is C28H34N6O2S. The third kappa shape index (κ3) is 10.3. The minimum Gasteiger partial charge on any atom is -0.402 e. The molecule has 1 heterocycles. The largest absolute Gasteiger partial charge is 0.402 e. The first kappa shape index (κ1) is 27.6. The van der Waals surface area contributed by atoms with Crippen molar-refractivity contribution in [3.8, 4) is 0 Å². The highest BCUT2D eigenvalue weighted by molar-refractivity contribution is 7.15. The molecule has 8 nitrogen and oxygen atoms in total. The SMILES string of the molecule is CCc1cccc(CC(=O)Nc2nnc(CCCC/C(N)=C/C=C(\N)NC(=O)Cc3ccccc3)s2)c1. The molecule has 0 fully saturated rings. The van der Waals surface area contributed by atoms with Gasteiger partial charge in [0.2, 0.25) is 16.9 Å². The first-order valence-electron chi connectivity index (χ1n) is 12.4. The molecule has 0 aliphatic heterocycles. The molecule has 6 N–H and O–H groups in total. The number of allylic oxidation sites excluding steroid dienone is 3. The van der Waals surface area contributed by atoms with Crippen LogP contribution in [0, 0.1) is 0 Å². The molecule has 0 spiro atoms. The molecule has 0 aliphatic rings. The quantitative estimate of drug-likeness (QED) is 0.199. The number of anilines is 1. The van der Waals surface area contributed by atoms with Crippen molar-refractivity contribution >= 4 is 28.3 Å². The van der Waals surface area contributed by atoms with Crippen molar-refractivity contribution in [3.63, 3.8) is 0 Å². The van der Waals surface area contributed by atoms with Crippen molar-refractivity contribution in [2.75, 3.05) is 5.32 Å². The maximum atomic E-state index is 12.3. The Bertz CT molecular complexity index is 1240. The number of amides is 2. The van der Waals surface area contributed by atoms with Gasteiger partial charge in [-0.15, -0.1) is 10.2 Å². The highest BCUT2D eigenvalue weighted by atomic mass is 32.1. The zero-order valence-corrected chi connectivity index (χ0v) is 21.9. The Labute approximate surface area is 221 Å². The molecule has 0 saturated carbocycles. The molecule has 0 saturated heterocycles. The monoisotopic (exact) mass is 518 g/mol. The molecule has 0 radical (unpaired) electrons. The van der Waals surface area contributed by atoms with Crippen molar-refractivity contribution in [1.82, 2.24) is 15.5 Å². The van der Waals surface area contributed by atoms with Gasteiger partial charge in [0.25, 0.3) is 0 Å². The lowest BCUT2D eigenvalue weighted by Crippen LogP contribution is -2.28. The van der Waals surface area contributed by atoms with Crippen LogP contribution in [-0.2, 0) is 35.3 Å². The fourth-order valence-corrected chi connectivity index (χ4v) is 4.42. The van der Waals surface area contributed by atoms with Gasteiger partial charge in [0.05, 0.1) is 12.8 Å². The number of nitrogens with two attached hydrogens (primary N) is 2. The summed E-state index contributed by atoms with van der Waals surface area (Å²) in [5.74, 6) is -0.0203. The van der Waals surface area contributed by atoms with Crippen LogP contribution < -0.4 is 22.1 Å². The second kappa shape index (κ2) is 14.5. The summed E-state index contributed by atoms with van der Waals surface area (Å²) in [7, 11) is 0. The molecule has 3 rings (SSSR count). The molecule has 0 aliphatic carbocycles. The Morgan fingerprint density at radius 2 is 1.62 bits per heavy atom. The second-order valence-electron chi connectivity index (χ2n) is 8.68. The molecule has 0 atom stereocenters. The van der Waals surface area contributed by atoms with Gasteiger partial charge in [-0.2, -0.15) is 0 Å². The van der Waals surface area contributed by atoms with Gasteiger partial charge in [0.1, 0.15) is 10.8 Å². The summed E-state index contributed by atoms with van der Waals surface area (Å²) in [6, 6.07) is 17.5. The number of aryl methyl sites for hydroxylation is 2. The van der Waals surface area contributed by atoms with Crippen LogP contribution in [0.5, 0.6) is 0 Å². The average molecular weight is 519 g/mol. The van der Waals surface area contributed by atoms with Crippen molar-refractivity contribution in [3.05, 3.63) is 100.0 Å². The average Bonchev–Trinajstić information content (AvgIpc) is 3.32. The molecule has 2 amide bonds. The standard InChI is InChI=1S/C28H34N6O2S/c1-2-20-11-8-12-22(17-20)19-26(36)32-28-34-33-27(37-28)14-7-6-13-23(29)15-16-24(30)31-25(35)18-21-9-4-3-5-10-21/h3-5,8-12,15-17H,2,6-7,13-14,18-19,29-30H2,1H3,(H,31,35)(H,32,34,36)/b23-15-,24-16+. The third-order valence-electron chi connectivity index (χ3n) is 5.55. The Morgan fingerprint density at radius 3 is 2.41 bits per heavy atom. The number of unbranched alkanes of at least 4 members (excludes halogenated alkanes) is 1. The van der Waals surface area contributed by atoms with Gasteiger partial charge in [-0.05, 0) is 54.5 Å². The van der Waals surface area contributed by atoms with E-state index in [1.54, 1.807) is 12.2 Å². The normalized spacial score (nSPS) is 11.8. The summed E-state index contributed by atoms with van der Waals surface area (Å²) < 4.78 is 0. The lowest BCUT2D eigenvalue weighted by Gasteiger charge is -2.05. The fourth-order valence-electron chi connectivity index (χ4n) is 3.63. The summed E-state index contributed by atoms with van der Waals surface area (Å²) in [6.07, 6.45) is 8.04. The van der Waals surface area contributed by atoms with E-state index in [0.717, 1.165) is 41.8 Å². The van der Waals surface area contributed by atoms with Gasteiger partial charge >= 0.3 is 0 Å². The van der Waals surface area contributed by atoms with Crippen LogP contribution in [-0.4, -0.2) is 22.0 Å². The number of hydrogen-bond acceptors (Lipinski definition) is 7. The smallest absolute Gasteiger partial charge is 0.230 e. The molecule has 194 valence electrons. The van der Waals surface area contributed by atoms with Gasteiger partial charge in [0, 0.05) is 12.1 Å². The number of nitrogens with zero attached hydrogens (tertiary/aromatic N) is 2. The van der Waals surface area contributed by atoms with Gasteiger partial charge in [-0.3, -0.25) is 9.59 Å². The van der Waals surface area contributed by atoms with E-state index >= 15 is 0 Å². The van der Waals surface area contributed by atoms with Crippen molar-refractivity contribution in [1.29, 1.82) is 0 Å². The summed E-state index contributed by atoms with van der Waals surface area (Å²) in [6.45, 7) is 2.09. The summed E-state index contributed by atoms with van der Waals surface area (Å²) in [4.78, 5) is 24.4. The van der Waals surface area contributed by atoms with Crippen molar-refractivity contribution in [2.24, 2.45) is 11.5 Å². The van der Waals surface area contributed by atoms with Crippen LogP contribution in [0.2, 0.25) is 0 Å². The molecule has 0 bridgehead atoms. The number of hydrogen-bond donors (Lipinski definition) is 4. The molecule has 0 unspecified atom stereocenters. The summed E-state index contributed by atoms with van der Waals surface area (Å²) in [5.41, 5.74) is 15.8. The maximum Gasteiger partial charge on any atom is 0.230 e. The van der Waals surface area contributed by atoms with E-state index in [1.807, 2.05) is 42.5 Å². The first-order chi connectivity index (χ1) is 17.9. The van der Waals surface area contributed by atoms with E-state index in [1.165, 1.54) is 16.9 Å². The van der Waals surface area contributed by atoms with Crippen LogP contribution in [0.4, 0.5) is 5.13 Å². The summed E-state index contributed by atoms with van der Waals surface area (Å²) >= 11 is 1.39. The second-order valence-corrected chi connectivity index (χ2v) is 9.74. The number of benzene rings is 2. The number of carbonyl (C=O) groups is 2. The predicted octanol–water partition coefficient (Wildman–Crippen LogP) is 4.00. The lowest BCUT2D eigenvalue weighted by atomic mass is 10.1. The van der Waals surface area contributed by atoms with Crippen LogP contribution in [0.3, 0.4) is 0 Å². The van der Waals surface area contributed by atoms with E-state index in [9.17, 15) is 9.59 Å². The van der Waals surface area contributed by atoms with E-state index < -0.39 is 0 Å². The van der Waals surface area contributed by atoms with Crippen molar-refractivity contribution in [2.45, 2.75) is 51.9 Å². The van der Waals surface area contributed by atoms with Crippen LogP contribution in [0.15, 0.2) is 78.3 Å². The fraction of sp³-hybridized carbons (Fsp3) is 0.286. The van der Waals surface area contributed by atoms with Crippen LogP contribution in [0.1, 0.15) is 47.9 Å². The van der Waals surface area contributed by atoms with E-state index in [2.05, 4.69) is 39.9 Å². The number of rotatable bonds is 13. The number of aromatic nitrogens is 2. The number of carbonyl (C=O) groups excluding carboxylic acids is 2. The highest BCUT2D eigenvalue weighted by Gasteiger charge is 2.09. The maximum absolute atomic E-state index is 12.3. The molecular weight excluding hydrogens is 484 g/mol. The molecule has 1 aromatic heterocycles. The van der Waals surface area contributed by atoms with Crippen LogP contribution in [0.25, 0.3) is 0 Å². The molecule has 3 aromatic rings. The summed E-state index contributed by atoms with van der Waals surface area (Å²) in [5, 5.41) is 15.2. The topological polar surface area (TPSA) is 136 Å². The van der Waals surface area contributed by atoms with Crippen molar-refractivity contribution < 1.29 is 9.59 Å². The Kier molecular flexibility index (Phi) is 10.9. The van der Waals surface area contributed by atoms with Gasteiger partial charge in [0.15, 0.2) is 0 Å². The molecule has 37 heavy (non-hydrogen) atoms. The van der Waals surface area contributed by atoms with E-state index in [4.69, 9.17) is 11.5 Å². The van der Waals surface area contributed by atoms with E-state index in [0.29, 0.717) is 23.7 Å². The first-order valence-corrected chi connectivity index (χ1v) is 13.2. The zero-order valence-electron chi connectivity index (χ0n) is 21.1. The van der Waals surface area contributed by atoms with Gasteiger partial charge < -0.3 is 22.1 Å². The minimum atomic E-state index is -0.176. The predicted molar refractivity (Wildman–Crippen MR) is 148 cm³/mol. The Morgan fingerprint density at radius 1 is 0.892 bits per heavy atom.